The number of anilines is 2. The zero-order valence-corrected chi connectivity index (χ0v) is 18.1. The molecule has 0 saturated carbocycles. The fraction of sp³-hybridized carbons (Fsp3) is 0.227. The maximum atomic E-state index is 12.7. The molecule has 32 heavy (non-hydrogen) atoms. The number of nitrogens with one attached hydrogen (secondary N) is 2. The second-order valence-electron chi connectivity index (χ2n) is 7.49. The molecule has 0 fully saturated rings. The van der Waals surface area contributed by atoms with E-state index in [2.05, 4.69) is 15.7 Å². The molecule has 1 aliphatic heterocycles. The quantitative estimate of drug-likeness (QED) is 0.420. The first-order valence-corrected chi connectivity index (χ1v) is 10.4. The number of nitro groups is 1. The molecular weight excluding hydrogens is 434 g/mol. The molecule has 0 radical (unpaired) electrons. The number of carbonyl (C=O) groups is 2. The van der Waals surface area contributed by atoms with Crippen molar-refractivity contribution in [2.75, 3.05) is 10.6 Å². The highest BCUT2D eigenvalue weighted by Gasteiger charge is 2.36. The first-order chi connectivity index (χ1) is 15.3. The predicted molar refractivity (Wildman–Crippen MR) is 121 cm³/mol. The van der Waals surface area contributed by atoms with Crippen molar-refractivity contribution in [1.29, 1.82) is 0 Å². The summed E-state index contributed by atoms with van der Waals surface area (Å²) in [5, 5.41) is 21.7. The third kappa shape index (κ3) is 3.94. The summed E-state index contributed by atoms with van der Waals surface area (Å²) < 4.78 is 1.55. The number of hydrogen-bond donors (Lipinski definition) is 2. The third-order valence-corrected chi connectivity index (χ3v) is 5.63. The number of non-ortho nitro benzene ring substituents is 1. The van der Waals surface area contributed by atoms with E-state index in [-0.39, 0.29) is 18.0 Å². The van der Waals surface area contributed by atoms with Crippen LogP contribution in [0, 0.1) is 17.0 Å². The first kappa shape index (κ1) is 21.5. The molecule has 2 aromatic carbocycles. The molecular formula is C22H20ClN5O4. The molecule has 10 heteroatoms. The van der Waals surface area contributed by atoms with Crippen LogP contribution >= 0.6 is 11.6 Å². The Labute approximate surface area is 188 Å². The highest BCUT2D eigenvalue weighted by atomic mass is 35.5. The highest BCUT2D eigenvalue weighted by molar-refractivity contribution is 6.30. The van der Waals surface area contributed by atoms with E-state index in [0.29, 0.717) is 28.5 Å². The Morgan fingerprint density at radius 3 is 2.66 bits per heavy atom. The average Bonchev–Trinajstić information content (AvgIpc) is 3.25. The lowest BCUT2D eigenvalue weighted by atomic mass is 10.0. The number of rotatable bonds is 6. The summed E-state index contributed by atoms with van der Waals surface area (Å²) in [7, 11) is 0. The summed E-state index contributed by atoms with van der Waals surface area (Å²) >= 11 is 6.00. The topological polar surface area (TPSA) is 119 Å². The van der Waals surface area contributed by atoms with E-state index in [1.54, 1.807) is 29.8 Å². The van der Waals surface area contributed by atoms with Gasteiger partial charge in [0, 0.05) is 22.7 Å². The van der Waals surface area contributed by atoms with Gasteiger partial charge in [-0.25, -0.2) is 4.68 Å². The van der Waals surface area contributed by atoms with Crippen molar-refractivity contribution in [3.63, 3.8) is 0 Å². The van der Waals surface area contributed by atoms with Crippen LogP contribution in [-0.4, -0.2) is 26.5 Å². The van der Waals surface area contributed by atoms with E-state index >= 15 is 0 Å². The molecule has 2 heterocycles. The Morgan fingerprint density at radius 2 is 2.00 bits per heavy atom. The summed E-state index contributed by atoms with van der Waals surface area (Å²) in [6, 6.07) is 10.7. The number of nitro benzene ring substituents is 1. The lowest BCUT2D eigenvalue weighted by molar-refractivity contribution is -0.384. The van der Waals surface area contributed by atoms with Crippen LogP contribution in [0.4, 0.5) is 17.2 Å². The Balaban J connectivity index is 1.60. The van der Waals surface area contributed by atoms with E-state index in [0.717, 1.165) is 16.8 Å². The van der Waals surface area contributed by atoms with Crippen LogP contribution in [0.15, 0.2) is 42.5 Å². The number of nitrogens with zero attached hydrogens (tertiary/aromatic N) is 3. The zero-order valence-electron chi connectivity index (χ0n) is 17.4. The Kier molecular flexibility index (Phi) is 5.67. The molecule has 0 spiro atoms. The zero-order chi connectivity index (χ0) is 23.0. The second kappa shape index (κ2) is 8.43. The van der Waals surface area contributed by atoms with Gasteiger partial charge in [0.25, 0.3) is 11.6 Å². The van der Waals surface area contributed by atoms with Crippen molar-refractivity contribution in [3.8, 4) is 11.1 Å². The summed E-state index contributed by atoms with van der Waals surface area (Å²) in [4.78, 5) is 35.9. The lowest BCUT2D eigenvalue weighted by Crippen LogP contribution is -2.24. The Hall–Kier alpha value is -3.72. The predicted octanol–water partition coefficient (Wildman–Crippen LogP) is 4.50. The molecule has 1 unspecified atom stereocenters. The molecule has 2 amide bonds. The van der Waals surface area contributed by atoms with Gasteiger partial charge < -0.3 is 10.6 Å². The average molecular weight is 454 g/mol. The Bertz CT molecular complexity index is 1240. The minimum absolute atomic E-state index is 0.126. The van der Waals surface area contributed by atoms with Crippen LogP contribution in [0.1, 0.15) is 30.6 Å². The number of halogens is 1. The second-order valence-corrected chi connectivity index (χ2v) is 7.93. The number of amides is 2. The maximum absolute atomic E-state index is 12.7. The fourth-order valence-electron chi connectivity index (χ4n) is 3.72. The summed E-state index contributed by atoms with van der Waals surface area (Å²) in [5.74, 6) is -0.238. The van der Waals surface area contributed by atoms with Crippen molar-refractivity contribution < 1.29 is 14.5 Å². The van der Waals surface area contributed by atoms with Gasteiger partial charge in [-0.3, -0.25) is 19.7 Å². The first-order valence-electron chi connectivity index (χ1n) is 10.0. The number of aryl methyl sites for hydroxylation is 2. The van der Waals surface area contributed by atoms with Crippen LogP contribution < -0.4 is 10.6 Å². The smallest absolute Gasteiger partial charge is 0.271 e. The largest absolute Gasteiger partial charge is 0.326 e. The van der Waals surface area contributed by atoms with Crippen LogP contribution in [0.25, 0.3) is 11.1 Å². The van der Waals surface area contributed by atoms with Crippen molar-refractivity contribution in [2.24, 2.45) is 0 Å². The summed E-state index contributed by atoms with van der Waals surface area (Å²) in [6.45, 7) is 3.70. The van der Waals surface area contributed by atoms with E-state index in [1.807, 2.05) is 19.1 Å². The fourth-order valence-corrected chi connectivity index (χ4v) is 3.85. The number of hydrogen-bond acceptors (Lipinski definition) is 5. The molecule has 4 rings (SSSR count). The summed E-state index contributed by atoms with van der Waals surface area (Å²) in [5.41, 5.74) is 3.35. The number of benzene rings is 2. The minimum atomic E-state index is -0.824. The molecule has 3 aromatic rings. The van der Waals surface area contributed by atoms with Crippen molar-refractivity contribution in [1.82, 2.24) is 9.78 Å². The van der Waals surface area contributed by atoms with Crippen molar-refractivity contribution >= 4 is 40.6 Å². The van der Waals surface area contributed by atoms with Gasteiger partial charge in [0.15, 0.2) is 0 Å². The van der Waals surface area contributed by atoms with Gasteiger partial charge in [0.05, 0.1) is 22.7 Å². The Morgan fingerprint density at radius 1 is 1.28 bits per heavy atom. The van der Waals surface area contributed by atoms with Gasteiger partial charge in [0.2, 0.25) is 5.91 Å². The molecule has 9 nitrogen and oxygen atoms in total. The van der Waals surface area contributed by atoms with E-state index in [4.69, 9.17) is 11.6 Å². The SMILES string of the molecule is CCc1nn2c(c1-c1ccc(Cl)cc1)NC(=O)C2CC(=O)Nc1cc([N+](=O)[O-])ccc1C. The van der Waals surface area contributed by atoms with E-state index < -0.39 is 16.9 Å². The van der Waals surface area contributed by atoms with Crippen molar-refractivity contribution in [2.45, 2.75) is 32.7 Å². The molecule has 1 aromatic heterocycles. The van der Waals surface area contributed by atoms with Crippen LogP contribution in [0.5, 0.6) is 0 Å². The number of fused-ring (bicyclic) bond motifs is 1. The van der Waals surface area contributed by atoms with Crippen LogP contribution in [0.2, 0.25) is 5.02 Å². The highest BCUT2D eigenvalue weighted by Crippen LogP contribution is 2.39. The van der Waals surface area contributed by atoms with Gasteiger partial charge in [0.1, 0.15) is 11.9 Å². The molecule has 164 valence electrons. The van der Waals surface area contributed by atoms with E-state index in [9.17, 15) is 19.7 Å². The lowest BCUT2D eigenvalue weighted by Gasteiger charge is -2.11. The monoisotopic (exact) mass is 453 g/mol. The van der Waals surface area contributed by atoms with Gasteiger partial charge in [-0.2, -0.15) is 5.10 Å². The molecule has 1 aliphatic rings. The van der Waals surface area contributed by atoms with Crippen molar-refractivity contribution in [3.05, 3.63) is 68.9 Å². The minimum Gasteiger partial charge on any atom is -0.326 e. The molecule has 0 saturated heterocycles. The van der Waals surface area contributed by atoms with E-state index in [1.165, 1.54) is 12.1 Å². The van der Waals surface area contributed by atoms with Gasteiger partial charge in [-0.1, -0.05) is 36.7 Å². The molecule has 1 atom stereocenters. The standard InChI is InChI=1S/C22H20ClN5O4/c1-3-16-20(13-5-7-14(23)8-6-13)21-25-22(30)18(27(21)26-16)11-19(29)24-17-10-15(28(31)32)9-4-12(17)2/h4-10,18H,3,11H2,1-2H3,(H,24,29)(H,25,30). The maximum Gasteiger partial charge on any atom is 0.271 e. The summed E-state index contributed by atoms with van der Waals surface area (Å²) in [6.07, 6.45) is 0.478. The van der Waals surface area contributed by atoms with Gasteiger partial charge in [-0.05, 0) is 36.6 Å². The number of carbonyl (C=O) groups excluding carboxylic acids is 2. The van der Waals surface area contributed by atoms with Gasteiger partial charge in [-0.15, -0.1) is 0 Å². The molecule has 0 aliphatic carbocycles. The number of aromatic nitrogens is 2. The molecule has 0 bridgehead atoms. The van der Waals surface area contributed by atoms with Gasteiger partial charge >= 0.3 is 0 Å². The molecule has 2 N–H and O–H groups in total. The third-order valence-electron chi connectivity index (χ3n) is 5.37. The van der Waals surface area contributed by atoms with Crippen LogP contribution in [-0.2, 0) is 16.0 Å². The van der Waals surface area contributed by atoms with Crippen LogP contribution in [0.3, 0.4) is 0 Å². The normalized spacial score (nSPS) is 14.7.